The Balaban J connectivity index is 1.36. The quantitative estimate of drug-likeness (QED) is 0.0751. The zero-order valence-electron chi connectivity index (χ0n) is 27.9. The number of H-pyrrole nitrogens is 1. The summed E-state index contributed by atoms with van der Waals surface area (Å²) in [6, 6.07) is 14.0. The first-order valence-electron chi connectivity index (χ1n) is 17.0. The number of fused-ring (bicyclic) bond motifs is 1. The molecule has 1 atom stereocenters. The first-order chi connectivity index (χ1) is 22.7. The summed E-state index contributed by atoms with van der Waals surface area (Å²) in [5.74, 6) is 0.857. The van der Waals surface area contributed by atoms with Crippen molar-refractivity contribution < 1.29 is 17.9 Å². The number of nitrogens with one attached hydrogen (secondary N) is 3. The van der Waals surface area contributed by atoms with E-state index in [0.29, 0.717) is 46.5 Å². The first kappa shape index (κ1) is 36.3. The summed E-state index contributed by atoms with van der Waals surface area (Å²) in [5, 5.41) is 11.1. The second-order valence-electron chi connectivity index (χ2n) is 12.2. The van der Waals surface area contributed by atoms with Gasteiger partial charge in [0.2, 0.25) is 10.0 Å². The fraction of sp³-hybridized carbons (Fsp3) is 0.514. The number of anilines is 2. The van der Waals surface area contributed by atoms with Gasteiger partial charge in [-0.1, -0.05) is 89.7 Å². The molecule has 0 aliphatic heterocycles. The molecule has 1 amide bonds. The van der Waals surface area contributed by atoms with E-state index in [1.807, 2.05) is 38.1 Å². The van der Waals surface area contributed by atoms with Crippen LogP contribution in [0.3, 0.4) is 0 Å². The van der Waals surface area contributed by atoms with Crippen LogP contribution < -0.4 is 14.8 Å². The molecular formula is C35H49ClN6O4S. The standard InChI is InChI=1S/C35H49ClN6O4S/c1-4-6-8-9-10-11-12-13-14-15-16-31(46-30-23-21-29(22-24-30)41-47(44,45)25-7-5-2)35(43)37-28-19-17-27(18-20-28)33-38-34-32(36)26(3)39-42(34)40-33/h17-24,31,39,41H,4-16,25H2,1-3H3,(H,37,43). The summed E-state index contributed by atoms with van der Waals surface area (Å²) in [4.78, 5) is 18.0. The number of unbranched alkanes of at least 4 members (excludes halogenated alkanes) is 10. The molecule has 10 nitrogen and oxygen atoms in total. The maximum atomic E-state index is 13.5. The fourth-order valence-electron chi connectivity index (χ4n) is 5.35. The van der Waals surface area contributed by atoms with Crippen LogP contribution in [0.2, 0.25) is 5.02 Å². The maximum absolute atomic E-state index is 13.5. The minimum Gasteiger partial charge on any atom is -0.481 e. The van der Waals surface area contributed by atoms with Crippen LogP contribution in [-0.4, -0.2) is 46.0 Å². The van der Waals surface area contributed by atoms with Gasteiger partial charge >= 0.3 is 0 Å². The van der Waals surface area contributed by atoms with Crippen molar-refractivity contribution >= 4 is 44.6 Å². The number of aromatic amines is 1. The normalized spacial score (nSPS) is 12.3. The van der Waals surface area contributed by atoms with Crippen LogP contribution in [0.4, 0.5) is 11.4 Å². The topological polar surface area (TPSA) is 130 Å². The Morgan fingerprint density at radius 3 is 2.09 bits per heavy atom. The van der Waals surface area contributed by atoms with E-state index in [9.17, 15) is 13.2 Å². The van der Waals surface area contributed by atoms with Crippen molar-refractivity contribution in [1.82, 2.24) is 19.8 Å². The molecule has 3 N–H and O–H groups in total. The minimum atomic E-state index is -3.41. The van der Waals surface area contributed by atoms with Crippen molar-refractivity contribution in [2.45, 2.75) is 110 Å². The highest BCUT2D eigenvalue weighted by atomic mass is 35.5. The van der Waals surface area contributed by atoms with Crippen molar-refractivity contribution in [3.05, 3.63) is 59.2 Å². The van der Waals surface area contributed by atoms with Crippen LogP contribution in [0.1, 0.15) is 103 Å². The molecule has 0 radical (unpaired) electrons. The Kier molecular flexibility index (Phi) is 14.0. The monoisotopic (exact) mass is 684 g/mol. The van der Waals surface area contributed by atoms with Crippen LogP contribution in [-0.2, 0) is 14.8 Å². The second-order valence-corrected chi connectivity index (χ2v) is 14.4. The zero-order chi connectivity index (χ0) is 33.6. The average molecular weight is 685 g/mol. The van der Waals surface area contributed by atoms with E-state index in [2.05, 4.69) is 32.1 Å². The van der Waals surface area contributed by atoms with Gasteiger partial charge in [0.25, 0.3) is 5.91 Å². The van der Waals surface area contributed by atoms with E-state index in [1.54, 1.807) is 28.9 Å². The summed E-state index contributed by atoms with van der Waals surface area (Å²) in [7, 11) is -3.41. The molecule has 0 aliphatic carbocycles. The number of hydrogen-bond donors (Lipinski definition) is 3. The lowest BCUT2D eigenvalue weighted by Crippen LogP contribution is -2.33. The molecule has 47 heavy (non-hydrogen) atoms. The summed E-state index contributed by atoms with van der Waals surface area (Å²) in [6.45, 7) is 6.05. The van der Waals surface area contributed by atoms with E-state index in [1.165, 1.54) is 44.9 Å². The number of nitrogens with zero attached hydrogens (tertiary/aromatic N) is 3. The van der Waals surface area contributed by atoms with Gasteiger partial charge in [-0.2, -0.15) is 4.63 Å². The molecule has 0 fully saturated rings. The molecule has 0 saturated heterocycles. The summed E-state index contributed by atoms with van der Waals surface area (Å²) >= 11 is 6.31. The van der Waals surface area contributed by atoms with Gasteiger partial charge in [0.1, 0.15) is 10.8 Å². The summed E-state index contributed by atoms with van der Waals surface area (Å²) in [5.41, 5.74) is 3.24. The Hall–Kier alpha value is -3.57. The highest BCUT2D eigenvalue weighted by Gasteiger charge is 2.21. The van der Waals surface area contributed by atoms with Gasteiger partial charge < -0.3 is 10.1 Å². The third-order valence-electron chi connectivity index (χ3n) is 8.10. The van der Waals surface area contributed by atoms with E-state index in [-0.39, 0.29) is 11.7 Å². The number of halogens is 1. The number of amides is 1. The molecule has 0 bridgehead atoms. The largest absolute Gasteiger partial charge is 0.481 e. The lowest BCUT2D eigenvalue weighted by atomic mass is 10.0. The van der Waals surface area contributed by atoms with E-state index in [4.69, 9.17) is 16.3 Å². The van der Waals surface area contributed by atoms with Crippen LogP contribution in [0.5, 0.6) is 5.75 Å². The van der Waals surface area contributed by atoms with E-state index in [0.717, 1.165) is 36.9 Å². The molecule has 4 aromatic rings. The highest BCUT2D eigenvalue weighted by Crippen LogP contribution is 2.25. The van der Waals surface area contributed by atoms with Gasteiger partial charge in [-0.3, -0.25) is 14.6 Å². The predicted molar refractivity (Wildman–Crippen MR) is 191 cm³/mol. The van der Waals surface area contributed by atoms with Crippen molar-refractivity contribution in [3.8, 4) is 17.1 Å². The van der Waals surface area contributed by atoms with Gasteiger partial charge in [0.15, 0.2) is 17.6 Å². The van der Waals surface area contributed by atoms with E-state index < -0.39 is 16.1 Å². The number of carbonyl (C=O) groups is 1. The van der Waals surface area contributed by atoms with Crippen molar-refractivity contribution in [3.63, 3.8) is 0 Å². The fourth-order valence-corrected chi connectivity index (χ4v) is 6.78. The number of hydrogen-bond acceptors (Lipinski definition) is 6. The Morgan fingerprint density at radius 2 is 1.47 bits per heavy atom. The number of sulfonamides is 1. The van der Waals surface area contributed by atoms with Gasteiger partial charge in [-0.15, -0.1) is 5.10 Å². The number of aromatic nitrogens is 4. The van der Waals surface area contributed by atoms with Gasteiger partial charge in [0, 0.05) is 16.9 Å². The molecular weight excluding hydrogens is 636 g/mol. The molecule has 2 heterocycles. The Morgan fingerprint density at radius 1 is 0.872 bits per heavy atom. The lowest BCUT2D eigenvalue weighted by Gasteiger charge is -2.19. The van der Waals surface area contributed by atoms with Gasteiger partial charge in [0.05, 0.1) is 11.4 Å². The molecule has 0 spiro atoms. The molecule has 256 valence electrons. The Labute approximate surface area is 284 Å². The van der Waals surface area contributed by atoms with Gasteiger partial charge in [-0.05, 0) is 74.7 Å². The minimum absolute atomic E-state index is 0.0766. The Bertz CT molecular complexity index is 1650. The summed E-state index contributed by atoms with van der Waals surface area (Å²) in [6.07, 6.45) is 13.3. The molecule has 4 rings (SSSR count). The molecule has 12 heteroatoms. The molecule has 0 aliphatic rings. The van der Waals surface area contributed by atoms with Gasteiger partial charge in [-0.25, -0.2) is 13.4 Å². The van der Waals surface area contributed by atoms with Crippen molar-refractivity contribution in [2.24, 2.45) is 0 Å². The summed E-state index contributed by atoms with van der Waals surface area (Å²) < 4.78 is 35.0. The predicted octanol–water partition coefficient (Wildman–Crippen LogP) is 8.93. The molecule has 1 unspecified atom stereocenters. The van der Waals surface area contributed by atoms with E-state index >= 15 is 0 Å². The molecule has 2 aromatic heterocycles. The SMILES string of the molecule is CCCCCCCCCCCCC(Oc1ccc(NS(=O)(=O)CCCC)cc1)C(=O)Nc1ccc(-c2nc3c(Cl)c(C)[nH]n3n2)cc1. The van der Waals surface area contributed by atoms with Crippen LogP contribution in [0.15, 0.2) is 48.5 Å². The number of ether oxygens (including phenoxy) is 1. The number of rotatable bonds is 21. The number of carbonyl (C=O) groups excluding carboxylic acids is 1. The third kappa shape index (κ3) is 11.3. The number of aryl methyl sites for hydroxylation is 1. The second kappa shape index (κ2) is 18.1. The molecule has 0 saturated carbocycles. The highest BCUT2D eigenvalue weighted by molar-refractivity contribution is 7.92. The van der Waals surface area contributed by atoms with Crippen molar-refractivity contribution in [2.75, 3.05) is 15.8 Å². The smallest absolute Gasteiger partial charge is 0.265 e. The first-order valence-corrected chi connectivity index (χ1v) is 19.0. The van der Waals surface area contributed by atoms with Crippen LogP contribution in [0, 0.1) is 6.92 Å². The molecule has 2 aromatic carbocycles. The maximum Gasteiger partial charge on any atom is 0.265 e. The average Bonchev–Trinajstić information content (AvgIpc) is 3.59. The third-order valence-corrected chi connectivity index (χ3v) is 9.93. The lowest BCUT2D eigenvalue weighted by molar-refractivity contribution is -0.123. The van der Waals surface area contributed by atoms with Crippen LogP contribution >= 0.6 is 11.6 Å². The zero-order valence-corrected chi connectivity index (χ0v) is 29.4. The van der Waals surface area contributed by atoms with Crippen molar-refractivity contribution in [1.29, 1.82) is 0 Å². The van der Waals surface area contributed by atoms with Crippen LogP contribution in [0.25, 0.3) is 17.0 Å². The number of benzene rings is 2.